The first-order chi connectivity index (χ1) is 9.45. The van der Waals surface area contributed by atoms with Gasteiger partial charge in [-0.1, -0.05) is 26.8 Å². The molecule has 0 atom stereocenters. The molecule has 20 heavy (non-hydrogen) atoms. The lowest BCUT2D eigenvalue weighted by Crippen LogP contribution is -2.08. The third-order valence-electron chi connectivity index (χ3n) is 3.19. The first kappa shape index (κ1) is 15.0. The molecule has 0 aliphatic rings. The Morgan fingerprint density at radius 1 is 1.40 bits per heavy atom. The maximum absolute atomic E-state index is 13.7. The zero-order valence-electron chi connectivity index (χ0n) is 12.0. The maximum atomic E-state index is 13.7. The van der Waals surface area contributed by atoms with Crippen LogP contribution in [-0.2, 0) is 6.54 Å². The van der Waals surface area contributed by atoms with Crippen molar-refractivity contribution in [3.63, 3.8) is 0 Å². The van der Waals surface area contributed by atoms with Crippen molar-refractivity contribution in [3.8, 4) is 11.3 Å². The lowest BCUT2D eigenvalue weighted by Gasteiger charge is -2.10. The second kappa shape index (κ2) is 5.95. The number of anilines is 1. The Labute approximate surface area is 127 Å². The Kier molecular flexibility index (Phi) is 4.48. The number of hydrogen-bond acceptors (Lipinski definition) is 2. The highest BCUT2D eigenvalue weighted by Gasteiger charge is 2.18. The van der Waals surface area contributed by atoms with E-state index in [0.717, 1.165) is 18.8 Å². The molecule has 0 saturated carbocycles. The molecule has 0 radical (unpaired) electrons. The van der Waals surface area contributed by atoms with Gasteiger partial charge >= 0.3 is 0 Å². The molecule has 0 spiro atoms. The normalized spacial score (nSPS) is 11.3. The summed E-state index contributed by atoms with van der Waals surface area (Å²) in [6.07, 6.45) is 0.981. The summed E-state index contributed by atoms with van der Waals surface area (Å²) in [5, 5.41) is 0. The van der Waals surface area contributed by atoms with E-state index in [4.69, 9.17) is 5.73 Å². The zero-order chi connectivity index (χ0) is 14.9. The van der Waals surface area contributed by atoms with Crippen LogP contribution in [0.5, 0.6) is 0 Å². The summed E-state index contributed by atoms with van der Waals surface area (Å²) in [5.41, 5.74) is 7.58. The summed E-state index contributed by atoms with van der Waals surface area (Å²) < 4.78 is 16.2. The number of rotatable bonds is 4. The number of imidazole rings is 1. The van der Waals surface area contributed by atoms with Gasteiger partial charge in [-0.15, -0.1) is 0 Å². The average Bonchev–Trinajstić information content (AvgIpc) is 2.72. The van der Waals surface area contributed by atoms with Gasteiger partial charge in [0.15, 0.2) is 0 Å². The highest BCUT2D eigenvalue weighted by molar-refractivity contribution is 9.10. The van der Waals surface area contributed by atoms with Crippen LogP contribution in [0.3, 0.4) is 0 Å². The van der Waals surface area contributed by atoms with Crippen LogP contribution >= 0.6 is 15.9 Å². The SMILES string of the molecule is CCCn1c(C(C)C)nc(-c2ccc(Br)c(F)c2)c1N. The molecule has 0 aliphatic carbocycles. The first-order valence-electron chi connectivity index (χ1n) is 6.77. The van der Waals surface area contributed by atoms with Crippen molar-refractivity contribution >= 4 is 21.7 Å². The summed E-state index contributed by atoms with van der Waals surface area (Å²) in [7, 11) is 0. The molecular weight excluding hydrogens is 321 g/mol. The molecule has 1 aromatic carbocycles. The summed E-state index contributed by atoms with van der Waals surface area (Å²) >= 11 is 3.16. The molecule has 0 unspecified atom stereocenters. The van der Waals surface area contributed by atoms with Gasteiger partial charge in [-0.2, -0.15) is 0 Å². The fourth-order valence-electron chi connectivity index (χ4n) is 2.24. The van der Waals surface area contributed by atoms with Crippen LogP contribution in [0.4, 0.5) is 10.2 Å². The molecule has 2 rings (SSSR count). The molecule has 3 nitrogen and oxygen atoms in total. The molecule has 1 heterocycles. The van der Waals surface area contributed by atoms with Crippen molar-refractivity contribution in [1.29, 1.82) is 0 Å². The first-order valence-corrected chi connectivity index (χ1v) is 7.56. The fourth-order valence-corrected chi connectivity index (χ4v) is 2.49. The van der Waals surface area contributed by atoms with E-state index in [1.807, 2.05) is 10.6 Å². The van der Waals surface area contributed by atoms with Crippen LogP contribution in [-0.4, -0.2) is 9.55 Å². The molecule has 1 aromatic heterocycles. The van der Waals surface area contributed by atoms with E-state index >= 15 is 0 Å². The van der Waals surface area contributed by atoms with Gasteiger partial charge < -0.3 is 10.3 Å². The van der Waals surface area contributed by atoms with E-state index < -0.39 is 0 Å². The van der Waals surface area contributed by atoms with Crippen LogP contribution in [0.25, 0.3) is 11.3 Å². The van der Waals surface area contributed by atoms with E-state index in [2.05, 4.69) is 41.7 Å². The minimum atomic E-state index is -0.307. The summed E-state index contributed by atoms with van der Waals surface area (Å²) in [4.78, 5) is 4.62. The Bertz CT molecular complexity index is 620. The summed E-state index contributed by atoms with van der Waals surface area (Å²) in [6.45, 7) is 7.09. The topological polar surface area (TPSA) is 43.8 Å². The van der Waals surface area contributed by atoms with Crippen LogP contribution in [0.1, 0.15) is 38.9 Å². The predicted molar refractivity (Wildman–Crippen MR) is 84.1 cm³/mol. The molecule has 0 amide bonds. The lowest BCUT2D eigenvalue weighted by atomic mass is 10.1. The van der Waals surface area contributed by atoms with Gasteiger partial charge in [0.1, 0.15) is 23.2 Å². The predicted octanol–water partition coefficient (Wildman–Crippen LogP) is 4.57. The van der Waals surface area contributed by atoms with E-state index in [1.165, 1.54) is 6.07 Å². The van der Waals surface area contributed by atoms with Gasteiger partial charge in [0.05, 0.1) is 4.47 Å². The molecule has 108 valence electrons. The monoisotopic (exact) mass is 339 g/mol. The van der Waals surface area contributed by atoms with E-state index in [0.29, 0.717) is 21.5 Å². The van der Waals surface area contributed by atoms with Gasteiger partial charge in [-0.25, -0.2) is 9.37 Å². The number of benzene rings is 1. The van der Waals surface area contributed by atoms with Crippen LogP contribution in [0.15, 0.2) is 22.7 Å². The molecule has 0 saturated heterocycles. The molecule has 2 N–H and O–H groups in total. The highest BCUT2D eigenvalue weighted by Crippen LogP contribution is 2.31. The molecule has 2 aromatic rings. The molecule has 0 aliphatic heterocycles. The van der Waals surface area contributed by atoms with Gasteiger partial charge in [-0.05, 0) is 34.5 Å². The zero-order valence-corrected chi connectivity index (χ0v) is 13.5. The van der Waals surface area contributed by atoms with Crippen molar-refractivity contribution in [2.45, 2.75) is 39.7 Å². The van der Waals surface area contributed by atoms with Crippen molar-refractivity contribution in [2.24, 2.45) is 0 Å². The van der Waals surface area contributed by atoms with Crippen molar-refractivity contribution < 1.29 is 4.39 Å². The second-order valence-electron chi connectivity index (χ2n) is 5.14. The number of hydrogen-bond donors (Lipinski definition) is 1. The quantitative estimate of drug-likeness (QED) is 0.886. The standard InChI is InChI=1S/C15H19BrFN3/c1-4-7-20-14(18)13(19-15(20)9(2)3)10-5-6-11(16)12(17)8-10/h5-6,8-9H,4,7,18H2,1-3H3. The number of nitrogens with two attached hydrogens (primary N) is 1. The molecule has 0 fully saturated rings. The number of aromatic nitrogens is 2. The third-order valence-corrected chi connectivity index (χ3v) is 3.84. The van der Waals surface area contributed by atoms with Gasteiger partial charge in [0.2, 0.25) is 0 Å². The van der Waals surface area contributed by atoms with Crippen molar-refractivity contribution in [2.75, 3.05) is 5.73 Å². The van der Waals surface area contributed by atoms with E-state index in [1.54, 1.807) is 6.07 Å². The Morgan fingerprint density at radius 3 is 2.65 bits per heavy atom. The largest absolute Gasteiger partial charge is 0.383 e. The fraction of sp³-hybridized carbons (Fsp3) is 0.400. The van der Waals surface area contributed by atoms with Crippen LogP contribution in [0, 0.1) is 5.82 Å². The highest BCUT2D eigenvalue weighted by atomic mass is 79.9. The lowest BCUT2D eigenvalue weighted by molar-refractivity contribution is 0.616. The van der Waals surface area contributed by atoms with E-state index in [-0.39, 0.29) is 11.7 Å². The number of nitrogens with zero attached hydrogens (tertiary/aromatic N) is 2. The minimum Gasteiger partial charge on any atom is -0.383 e. The smallest absolute Gasteiger partial charge is 0.138 e. The van der Waals surface area contributed by atoms with E-state index in [9.17, 15) is 4.39 Å². The van der Waals surface area contributed by atoms with Gasteiger partial charge in [0, 0.05) is 18.0 Å². The Morgan fingerprint density at radius 2 is 2.10 bits per heavy atom. The van der Waals surface area contributed by atoms with Crippen LogP contribution < -0.4 is 5.73 Å². The molecular formula is C15H19BrFN3. The minimum absolute atomic E-state index is 0.276. The average molecular weight is 340 g/mol. The van der Waals surface area contributed by atoms with Gasteiger partial charge in [0.25, 0.3) is 0 Å². The van der Waals surface area contributed by atoms with Crippen molar-refractivity contribution in [3.05, 3.63) is 34.3 Å². The Hall–Kier alpha value is -1.36. The van der Waals surface area contributed by atoms with Gasteiger partial charge in [-0.3, -0.25) is 0 Å². The van der Waals surface area contributed by atoms with Crippen molar-refractivity contribution in [1.82, 2.24) is 9.55 Å². The third kappa shape index (κ3) is 2.73. The number of nitrogen functional groups attached to an aromatic ring is 1. The number of halogens is 2. The second-order valence-corrected chi connectivity index (χ2v) is 5.99. The summed E-state index contributed by atoms with van der Waals surface area (Å²) in [5.74, 6) is 1.52. The van der Waals surface area contributed by atoms with Crippen LogP contribution in [0.2, 0.25) is 0 Å². The summed E-state index contributed by atoms with van der Waals surface area (Å²) in [6, 6.07) is 4.97. The molecule has 0 bridgehead atoms. The maximum Gasteiger partial charge on any atom is 0.138 e. The molecule has 5 heteroatoms. The Balaban J connectivity index is 2.56.